The van der Waals surface area contributed by atoms with E-state index in [0.717, 1.165) is 19.3 Å². The molecule has 0 aromatic rings. The minimum absolute atomic E-state index is 0.0923. The van der Waals surface area contributed by atoms with E-state index >= 15 is 0 Å². The third-order valence-corrected chi connectivity index (χ3v) is 2.59. The van der Waals surface area contributed by atoms with Gasteiger partial charge in [-0.3, -0.25) is 9.59 Å². The van der Waals surface area contributed by atoms with Gasteiger partial charge in [-0.2, -0.15) is 0 Å². The Labute approximate surface area is 65.2 Å². The van der Waals surface area contributed by atoms with Gasteiger partial charge in [0.05, 0.1) is 0 Å². The van der Waals surface area contributed by atoms with E-state index in [9.17, 15) is 9.59 Å². The molecule has 3 nitrogen and oxygen atoms in total. The molecular weight excluding hydrogens is 142 g/mol. The summed E-state index contributed by atoms with van der Waals surface area (Å²) >= 11 is 0. The Morgan fingerprint density at radius 3 is 2.55 bits per heavy atom. The van der Waals surface area contributed by atoms with E-state index in [0.29, 0.717) is 12.2 Å². The van der Waals surface area contributed by atoms with Crippen LogP contribution in [0.15, 0.2) is 0 Å². The molecule has 2 fully saturated rings. The second-order valence-corrected chi connectivity index (χ2v) is 3.34. The zero-order chi connectivity index (χ0) is 7.84. The normalized spacial score (nSPS) is 36.7. The molecule has 1 aliphatic heterocycles. The van der Waals surface area contributed by atoms with Crippen molar-refractivity contribution in [1.82, 2.24) is 5.32 Å². The Hall–Kier alpha value is -0.860. The minimum Gasteiger partial charge on any atom is -0.352 e. The van der Waals surface area contributed by atoms with E-state index in [1.807, 2.05) is 0 Å². The first-order valence-electron chi connectivity index (χ1n) is 4.09. The van der Waals surface area contributed by atoms with Crippen molar-refractivity contribution in [1.29, 1.82) is 0 Å². The van der Waals surface area contributed by atoms with Gasteiger partial charge in [-0.1, -0.05) is 0 Å². The van der Waals surface area contributed by atoms with Crippen molar-refractivity contribution < 1.29 is 9.59 Å². The fraction of sp³-hybridized carbons (Fsp3) is 0.750. The van der Waals surface area contributed by atoms with Crippen LogP contribution < -0.4 is 5.32 Å². The number of ketones is 1. The number of Topliss-reactive ketones (excluding diaryl/α,β-unsaturated/α-hetero) is 1. The summed E-state index contributed by atoms with van der Waals surface area (Å²) in [5.74, 6) is 0.581. The van der Waals surface area contributed by atoms with Crippen molar-refractivity contribution in [2.24, 2.45) is 5.92 Å². The third-order valence-electron chi connectivity index (χ3n) is 2.59. The van der Waals surface area contributed by atoms with Crippen molar-refractivity contribution in [3.8, 4) is 0 Å². The van der Waals surface area contributed by atoms with Crippen LogP contribution in [0, 0.1) is 5.92 Å². The number of hydrogen-bond acceptors (Lipinski definition) is 2. The minimum atomic E-state index is 0.0923. The molecule has 2 aliphatic rings. The largest absolute Gasteiger partial charge is 0.352 e. The lowest BCUT2D eigenvalue weighted by atomic mass is 9.89. The highest BCUT2D eigenvalue weighted by atomic mass is 16.2. The molecule has 0 bridgehead atoms. The van der Waals surface area contributed by atoms with Gasteiger partial charge in [0, 0.05) is 24.8 Å². The van der Waals surface area contributed by atoms with Crippen molar-refractivity contribution in [3.63, 3.8) is 0 Å². The molecule has 1 aliphatic carbocycles. The van der Waals surface area contributed by atoms with E-state index in [2.05, 4.69) is 5.32 Å². The zero-order valence-electron chi connectivity index (χ0n) is 6.30. The second-order valence-electron chi connectivity index (χ2n) is 3.34. The van der Waals surface area contributed by atoms with E-state index in [1.165, 1.54) is 0 Å². The number of rotatable bonds is 1. The van der Waals surface area contributed by atoms with Crippen LogP contribution in [-0.4, -0.2) is 17.7 Å². The molecule has 60 valence electrons. The fourth-order valence-corrected chi connectivity index (χ4v) is 1.90. The van der Waals surface area contributed by atoms with Gasteiger partial charge < -0.3 is 5.32 Å². The first-order chi connectivity index (χ1) is 5.27. The molecule has 1 heterocycles. The molecule has 0 aromatic heterocycles. The summed E-state index contributed by atoms with van der Waals surface area (Å²) in [6, 6.07) is 0.178. The van der Waals surface area contributed by atoms with Crippen LogP contribution >= 0.6 is 0 Å². The van der Waals surface area contributed by atoms with Crippen LogP contribution in [-0.2, 0) is 9.59 Å². The van der Waals surface area contributed by atoms with E-state index in [4.69, 9.17) is 0 Å². The zero-order valence-corrected chi connectivity index (χ0v) is 6.30. The number of carbonyl (C=O) groups excluding carboxylic acids is 2. The molecule has 1 saturated heterocycles. The molecular formula is C8H11NO2. The molecule has 0 unspecified atom stereocenters. The number of carbonyl (C=O) groups is 2. The van der Waals surface area contributed by atoms with Gasteiger partial charge in [0.15, 0.2) is 0 Å². The van der Waals surface area contributed by atoms with Crippen LogP contribution in [0.4, 0.5) is 0 Å². The highest BCUT2D eigenvalue weighted by Crippen LogP contribution is 2.28. The lowest BCUT2D eigenvalue weighted by Crippen LogP contribution is -2.53. The lowest BCUT2D eigenvalue weighted by molar-refractivity contribution is -0.131. The van der Waals surface area contributed by atoms with Gasteiger partial charge in [-0.15, -0.1) is 0 Å². The highest BCUT2D eigenvalue weighted by molar-refractivity contribution is 5.89. The van der Waals surface area contributed by atoms with Gasteiger partial charge in [-0.25, -0.2) is 0 Å². The average molecular weight is 153 g/mol. The summed E-state index contributed by atoms with van der Waals surface area (Å²) in [5, 5.41) is 2.76. The Morgan fingerprint density at radius 2 is 2.09 bits per heavy atom. The first kappa shape index (κ1) is 6.83. The molecule has 1 N–H and O–H groups in total. The summed E-state index contributed by atoms with van der Waals surface area (Å²) < 4.78 is 0. The first-order valence-corrected chi connectivity index (χ1v) is 4.09. The third kappa shape index (κ3) is 1.04. The maximum atomic E-state index is 11.2. The fourth-order valence-electron chi connectivity index (χ4n) is 1.90. The number of nitrogens with one attached hydrogen (secondary N) is 1. The quantitative estimate of drug-likeness (QED) is 0.549. The van der Waals surface area contributed by atoms with Gasteiger partial charge >= 0.3 is 0 Å². The summed E-state index contributed by atoms with van der Waals surface area (Å²) in [6.07, 6.45) is 3.27. The maximum Gasteiger partial charge on any atom is 0.222 e. The van der Waals surface area contributed by atoms with Crippen molar-refractivity contribution in [3.05, 3.63) is 0 Å². The highest BCUT2D eigenvalue weighted by Gasteiger charge is 2.38. The summed E-state index contributed by atoms with van der Waals surface area (Å²) in [7, 11) is 0. The van der Waals surface area contributed by atoms with E-state index in [1.54, 1.807) is 0 Å². The number of hydrogen-bond donors (Lipinski definition) is 1. The molecule has 1 saturated carbocycles. The van der Waals surface area contributed by atoms with Crippen LogP contribution in [0.1, 0.15) is 25.7 Å². The lowest BCUT2D eigenvalue weighted by Gasteiger charge is -2.31. The van der Waals surface area contributed by atoms with Crippen LogP contribution in [0.2, 0.25) is 0 Å². The van der Waals surface area contributed by atoms with E-state index < -0.39 is 0 Å². The predicted molar refractivity (Wildman–Crippen MR) is 38.9 cm³/mol. The smallest absolute Gasteiger partial charge is 0.222 e. The number of amides is 1. The maximum absolute atomic E-state index is 11.2. The van der Waals surface area contributed by atoms with Gasteiger partial charge in [0.2, 0.25) is 5.91 Å². The van der Waals surface area contributed by atoms with Crippen molar-refractivity contribution in [2.75, 3.05) is 0 Å². The Kier molecular flexibility index (Phi) is 1.44. The van der Waals surface area contributed by atoms with E-state index in [-0.39, 0.29) is 17.9 Å². The van der Waals surface area contributed by atoms with Crippen molar-refractivity contribution in [2.45, 2.75) is 31.7 Å². The Balaban J connectivity index is 1.95. The number of β-lactam (4-membered cyclic amide) rings is 1. The Bertz CT molecular complexity index is 204. The van der Waals surface area contributed by atoms with Crippen LogP contribution in [0.3, 0.4) is 0 Å². The van der Waals surface area contributed by atoms with Gasteiger partial charge in [0.1, 0.15) is 5.78 Å². The predicted octanol–water partition coefficient (Wildman–Crippen LogP) is 0.244. The standard InChI is InChI=1S/C8H11NO2/c10-7-3-1-2-5(7)6-4-8(11)9-6/h5-6H,1-4H2,(H,9,11)/t5-,6+/m1/s1. The molecule has 0 aromatic carbocycles. The summed E-state index contributed by atoms with van der Waals surface area (Å²) in [4.78, 5) is 21.7. The summed E-state index contributed by atoms with van der Waals surface area (Å²) in [5.41, 5.74) is 0. The van der Waals surface area contributed by atoms with Gasteiger partial charge in [0.25, 0.3) is 0 Å². The molecule has 2 atom stereocenters. The molecule has 3 heteroatoms. The van der Waals surface area contributed by atoms with Gasteiger partial charge in [-0.05, 0) is 12.8 Å². The monoisotopic (exact) mass is 153 g/mol. The van der Waals surface area contributed by atoms with Crippen LogP contribution in [0.5, 0.6) is 0 Å². The topological polar surface area (TPSA) is 46.2 Å². The SMILES string of the molecule is O=C1C[C@@H]([C@H]2CCCC2=O)N1. The summed E-state index contributed by atoms with van der Waals surface area (Å²) in [6.45, 7) is 0. The average Bonchev–Trinajstić information content (AvgIpc) is 2.29. The molecule has 11 heavy (non-hydrogen) atoms. The Morgan fingerprint density at radius 1 is 1.36 bits per heavy atom. The molecule has 0 spiro atoms. The van der Waals surface area contributed by atoms with Crippen LogP contribution in [0.25, 0.3) is 0 Å². The molecule has 2 rings (SSSR count). The second kappa shape index (κ2) is 2.32. The van der Waals surface area contributed by atoms with Crippen molar-refractivity contribution >= 4 is 11.7 Å². The molecule has 1 amide bonds. The molecule has 0 radical (unpaired) electrons.